The Balaban J connectivity index is 3.27. The van der Waals surface area contributed by atoms with Crippen LogP contribution in [-0.2, 0) is 10.2 Å². The number of rotatable bonds is 3. The van der Waals surface area contributed by atoms with Gasteiger partial charge in [0.1, 0.15) is 11.8 Å². The first kappa shape index (κ1) is 13.5. The number of carbonyl (C=O) groups is 1. The molecule has 3 N–H and O–H groups in total. The lowest BCUT2D eigenvalue weighted by atomic mass is 9.84. The van der Waals surface area contributed by atoms with Crippen molar-refractivity contribution in [2.45, 2.75) is 32.2 Å². The second kappa shape index (κ2) is 4.75. The number of benzene rings is 1. The summed E-state index contributed by atoms with van der Waals surface area (Å²) in [5.74, 6) is -0.283. The van der Waals surface area contributed by atoms with Gasteiger partial charge in [-0.1, -0.05) is 26.8 Å². The van der Waals surface area contributed by atoms with E-state index in [9.17, 15) is 4.79 Å². The molecule has 4 heteroatoms. The van der Waals surface area contributed by atoms with Gasteiger partial charge in [0.15, 0.2) is 0 Å². The Morgan fingerprint density at radius 3 is 2.41 bits per heavy atom. The summed E-state index contributed by atoms with van der Waals surface area (Å²) in [4.78, 5) is 10.9. The highest BCUT2D eigenvalue weighted by Crippen LogP contribution is 2.33. The summed E-state index contributed by atoms with van der Waals surface area (Å²) >= 11 is 0. The highest BCUT2D eigenvalue weighted by atomic mass is 16.5. The molecular formula is C13H19NO3. The second-order valence-corrected chi connectivity index (χ2v) is 5.03. The van der Waals surface area contributed by atoms with Crippen molar-refractivity contribution in [3.8, 4) is 5.75 Å². The zero-order chi connectivity index (χ0) is 13.2. The SMILES string of the molecule is COc1ccc(C(N)C(=O)O)cc1C(C)(C)C. The van der Waals surface area contributed by atoms with E-state index in [0.717, 1.165) is 11.3 Å². The number of carboxylic acid groups (broad SMARTS) is 1. The van der Waals surface area contributed by atoms with Crippen LogP contribution in [0.4, 0.5) is 0 Å². The van der Waals surface area contributed by atoms with E-state index in [-0.39, 0.29) is 5.41 Å². The van der Waals surface area contributed by atoms with E-state index in [2.05, 4.69) is 0 Å². The lowest BCUT2D eigenvalue weighted by molar-refractivity contribution is -0.138. The number of hydrogen-bond acceptors (Lipinski definition) is 3. The number of nitrogens with two attached hydrogens (primary N) is 1. The van der Waals surface area contributed by atoms with Gasteiger partial charge >= 0.3 is 5.97 Å². The molecule has 4 nitrogen and oxygen atoms in total. The highest BCUT2D eigenvalue weighted by molar-refractivity contribution is 5.75. The third-order valence-electron chi connectivity index (χ3n) is 2.66. The molecule has 0 radical (unpaired) electrons. The molecule has 0 fully saturated rings. The fourth-order valence-corrected chi connectivity index (χ4v) is 1.65. The third-order valence-corrected chi connectivity index (χ3v) is 2.66. The average molecular weight is 237 g/mol. The first-order valence-electron chi connectivity index (χ1n) is 5.44. The van der Waals surface area contributed by atoms with Crippen molar-refractivity contribution >= 4 is 5.97 Å². The fraction of sp³-hybridized carbons (Fsp3) is 0.462. The fourth-order valence-electron chi connectivity index (χ4n) is 1.65. The zero-order valence-electron chi connectivity index (χ0n) is 10.7. The zero-order valence-corrected chi connectivity index (χ0v) is 10.7. The Morgan fingerprint density at radius 2 is 2.00 bits per heavy atom. The molecule has 0 aliphatic carbocycles. The molecule has 1 unspecified atom stereocenters. The van der Waals surface area contributed by atoms with E-state index >= 15 is 0 Å². The summed E-state index contributed by atoms with van der Waals surface area (Å²) in [7, 11) is 1.60. The van der Waals surface area contributed by atoms with Crippen LogP contribution in [0.1, 0.15) is 37.9 Å². The lowest BCUT2D eigenvalue weighted by Gasteiger charge is -2.23. The number of aliphatic carboxylic acids is 1. The Labute approximate surface area is 101 Å². The van der Waals surface area contributed by atoms with E-state index < -0.39 is 12.0 Å². The molecule has 0 bridgehead atoms. The van der Waals surface area contributed by atoms with Gasteiger partial charge in [0.25, 0.3) is 0 Å². The maximum absolute atomic E-state index is 10.9. The van der Waals surface area contributed by atoms with Gasteiger partial charge < -0.3 is 15.6 Å². The Bertz CT molecular complexity index is 421. The summed E-state index contributed by atoms with van der Waals surface area (Å²) in [6, 6.07) is 4.26. The van der Waals surface area contributed by atoms with Gasteiger partial charge in [-0.3, -0.25) is 4.79 Å². The molecule has 0 heterocycles. The molecule has 0 amide bonds. The van der Waals surface area contributed by atoms with Crippen LogP contribution < -0.4 is 10.5 Å². The molecule has 1 rings (SSSR count). The molecule has 1 aromatic carbocycles. The molecule has 0 spiro atoms. The number of hydrogen-bond donors (Lipinski definition) is 2. The molecule has 94 valence electrons. The van der Waals surface area contributed by atoms with E-state index in [1.807, 2.05) is 20.8 Å². The van der Waals surface area contributed by atoms with Crippen molar-refractivity contribution < 1.29 is 14.6 Å². The van der Waals surface area contributed by atoms with Crippen molar-refractivity contribution in [1.29, 1.82) is 0 Å². The molecule has 1 aromatic rings. The summed E-state index contributed by atoms with van der Waals surface area (Å²) in [6.07, 6.45) is 0. The first-order valence-corrected chi connectivity index (χ1v) is 5.44. The van der Waals surface area contributed by atoms with Gasteiger partial charge in [-0.05, 0) is 28.7 Å². The van der Waals surface area contributed by atoms with Crippen LogP contribution in [0, 0.1) is 0 Å². The van der Waals surface area contributed by atoms with Crippen LogP contribution >= 0.6 is 0 Å². The number of carboxylic acids is 1. The normalized spacial score (nSPS) is 13.2. The van der Waals surface area contributed by atoms with Gasteiger partial charge in [0.05, 0.1) is 7.11 Å². The van der Waals surface area contributed by atoms with Crippen molar-refractivity contribution in [3.63, 3.8) is 0 Å². The summed E-state index contributed by atoms with van der Waals surface area (Å²) in [5, 5.41) is 8.90. The minimum atomic E-state index is -1.03. The molecule has 17 heavy (non-hydrogen) atoms. The molecule has 0 aliphatic rings. The van der Waals surface area contributed by atoms with Crippen LogP contribution in [0.15, 0.2) is 18.2 Å². The second-order valence-electron chi connectivity index (χ2n) is 5.03. The van der Waals surface area contributed by atoms with Gasteiger partial charge in [0, 0.05) is 0 Å². The standard InChI is InChI=1S/C13H19NO3/c1-13(2,3)9-7-8(11(14)12(15)16)5-6-10(9)17-4/h5-7,11H,14H2,1-4H3,(H,15,16). The van der Waals surface area contributed by atoms with Crippen molar-refractivity contribution in [1.82, 2.24) is 0 Å². The quantitative estimate of drug-likeness (QED) is 0.844. The van der Waals surface area contributed by atoms with Crippen molar-refractivity contribution in [2.24, 2.45) is 5.73 Å². The highest BCUT2D eigenvalue weighted by Gasteiger charge is 2.22. The predicted octanol–water partition coefficient (Wildman–Crippen LogP) is 2.08. The summed E-state index contributed by atoms with van der Waals surface area (Å²) in [6.45, 7) is 6.13. The Kier molecular flexibility index (Phi) is 3.78. The summed E-state index contributed by atoms with van der Waals surface area (Å²) in [5.41, 5.74) is 7.01. The molecule has 0 aliphatic heterocycles. The molecule has 0 saturated carbocycles. The number of ether oxygens (including phenoxy) is 1. The molecule has 0 saturated heterocycles. The predicted molar refractivity (Wildman–Crippen MR) is 66.3 cm³/mol. The average Bonchev–Trinajstić information content (AvgIpc) is 2.25. The van der Waals surface area contributed by atoms with E-state index in [1.165, 1.54) is 0 Å². The first-order chi connectivity index (χ1) is 7.77. The van der Waals surface area contributed by atoms with Crippen LogP contribution in [0.2, 0.25) is 0 Å². The van der Waals surface area contributed by atoms with Crippen LogP contribution in [0.3, 0.4) is 0 Å². The summed E-state index contributed by atoms with van der Waals surface area (Å²) < 4.78 is 5.28. The molecular weight excluding hydrogens is 218 g/mol. The topological polar surface area (TPSA) is 72.5 Å². The van der Waals surface area contributed by atoms with Crippen molar-refractivity contribution in [2.75, 3.05) is 7.11 Å². The van der Waals surface area contributed by atoms with Crippen LogP contribution in [0.25, 0.3) is 0 Å². The molecule has 0 aromatic heterocycles. The van der Waals surface area contributed by atoms with Gasteiger partial charge in [-0.2, -0.15) is 0 Å². The minimum absolute atomic E-state index is 0.125. The van der Waals surface area contributed by atoms with Crippen molar-refractivity contribution in [3.05, 3.63) is 29.3 Å². The smallest absolute Gasteiger partial charge is 0.325 e. The lowest BCUT2D eigenvalue weighted by Crippen LogP contribution is -2.22. The van der Waals surface area contributed by atoms with Crippen LogP contribution in [-0.4, -0.2) is 18.2 Å². The van der Waals surface area contributed by atoms with Crippen LogP contribution in [0.5, 0.6) is 5.75 Å². The largest absolute Gasteiger partial charge is 0.496 e. The molecule has 1 atom stereocenters. The van der Waals surface area contributed by atoms with Gasteiger partial charge in [-0.15, -0.1) is 0 Å². The monoisotopic (exact) mass is 237 g/mol. The maximum atomic E-state index is 10.9. The van der Waals surface area contributed by atoms with E-state index in [4.69, 9.17) is 15.6 Å². The third kappa shape index (κ3) is 2.97. The minimum Gasteiger partial charge on any atom is -0.496 e. The number of methoxy groups -OCH3 is 1. The Hall–Kier alpha value is -1.55. The van der Waals surface area contributed by atoms with E-state index in [1.54, 1.807) is 25.3 Å². The maximum Gasteiger partial charge on any atom is 0.325 e. The van der Waals surface area contributed by atoms with Gasteiger partial charge in [-0.25, -0.2) is 0 Å². The van der Waals surface area contributed by atoms with Gasteiger partial charge in [0.2, 0.25) is 0 Å². The van der Waals surface area contributed by atoms with E-state index in [0.29, 0.717) is 5.56 Å². The Morgan fingerprint density at radius 1 is 1.41 bits per heavy atom.